The average Bonchev–Trinajstić information content (AvgIpc) is 2.93. The number of hydrogen-bond acceptors (Lipinski definition) is 0. The third-order valence-corrected chi connectivity index (χ3v) is 12.2. The van der Waals surface area contributed by atoms with Gasteiger partial charge in [-0.1, -0.05) is 133 Å². The van der Waals surface area contributed by atoms with Gasteiger partial charge in [-0.2, -0.15) is 22.3 Å². The van der Waals surface area contributed by atoms with Crippen LogP contribution in [0.1, 0.15) is 38.9 Å². The molecule has 0 aliphatic carbocycles. The van der Waals surface area contributed by atoms with Gasteiger partial charge in [0.25, 0.3) is 0 Å². The van der Waals surface area contributed by atoms with Gasteiger partial charge in [0.2, 0.25) is 0 Å². The zero-order valence-electron chi connectivity index (χ0n) is 21.6. The maximum atomic E-state index is 2.44. The van der Waals surface area contributed by atoms with Gasteiger partial charge >= 0.3 is 21.7 Å². The second kappa shape index (κ2) is 13.4. The topological polar surface area (TPSA) is 0 Å². The summed E-state index contributed by atoms with van der Waals surface area (Å²) < 4.78 is 0. The van der Waals surface area contributed by atoms with Gasteiger partial charge in [-0.15, -0.1) is 5.19 Å². The Labute approximate surface area is 246 Å². The van der Waals surface area contributed by atoms with Crippen LogP contribution in [0.25, 0.3) is 0 Å². The van der Waals surface area contributed by atoms with Crippen LogP contribution in [-0.4, -0.2) is 8.07 Å². The van der Waals surface area contributed by atoms with Gasteiger partial charge in [0.05, 0.1) is 0 Å². The largest absolute Gasteiger partial charge is 4.00 e. The van der Waals surface area contributed by atoms with E-state index < -0.39 is 8.07 Å². The second-order valence-electron chi connectivity index (χ2n) is 9.23. The van der Waals surface area contributed by atoms with Crippen LogP contribution in [0, 0.1) is 48.5 Å². The molecule has 0 nitrogen and oxygen atoms in total. The van der Waals surface area contributed by atoms with Crippen molar-refractivity contribution in [3.05, 3.63) is 112 Å². The van der Waals surface area contributed by atoms with Gasteiger partial charge in [-0.3, -0.25) is 0 Å². The second-order valence-corrected chi connectivity index (χ2v) is 13.0. The molecule has 0 spiro atoms. The van der Waals surface area contributed by atoms with E-state index in [4.69, 9.17) is 0 Å². The Morgan fingerprint density at radius 1 is 0.486 bits per heavy atom. The van der Waals surface area contributed by atoms with Gasteiger partial charge in [-0.05, 0) is 20.8 Å². The number of halogens is 3. The third-order valence-electron chi connectivity index (χ3n) is 7.17. The van der Waals surface area contributed by atoms with E-state index in [0.717, 1.165) is 0 Å². The van der Waals surface area contributed by atoms with Gasteiger partial charge < -0.3 is 37.2 Å². The first-order chi connectivity index (χ1) is 14.8. The summed E-state index contributed by atoms with van der Waals surface area (Å²) in [5, 5.41) is 5.99. The molecule has 182 valence electrons. The van der Waals surface area contributed by atoms with Gasteiger partial charge in [0.15, 0.2) is 0 Å². The number of aryl methyl sites for hydroxylation is 3. The Kier molecular flexibility index (Phi) is 12.9. The normalized spacial score (nSPS) is 10.4. The maximum Gasteiger partial charge on any atom is 4.00 e. The summed E-state index contributed by atoms with van der Waals surface area (Å²) in [6, 6.07) is 27.8. The Morgan fingerprint density at radius 2 is 0.771 bits per heavy atom. The van der Waals surface area contributed by atoms with E-state index in [2.05, 4.69) is 121 Å². The fraction of sp³-hybridized carbons (Fsp3) is 0.233. The van der Waals surface area contributed by atoms with Gasteiger partial charge in [0.1, 0.15) is 8.07 Å². The minimum absolute atomic E-state index is 0. The number of hydrogen-bond donors (Lipinski definition) is 0. The van der Waals surface area contributed by atoms with Crippen LogP contribution >= 0.6 is 0 Å². The summed E-state index contributed by atoms with van der Waals surface area (Å²) in [6.45, 7) is 15.9. The van der Waals surface area contributed by atoms with Crippen LogP contribution < -0.4 is 58.0 Å². The SMILES string of the molecule is Cc1cccc([Si](c2cccc(C)c2)(c2cccc(C)c2)[c-]2c(C)c(C)c(C)c2C)c1.[Cl-].[Cl-].[Cl-].[Ti+4]. The van der Waals surface area contributed by atoms with E-state index in [-0.39, 0.29) is 58.9 Å². The molecular weight excluding hydrogens is 543 g/mol. The Balaban J connectivity index is 0.00000289. The summed E-state index contributed by atoms with van der Waals surface area (Å²) in [4.78, 5) is 0. The minimum atomic E-state index is -2.49. The Bertz CT molecular complexity index is 1140. The molecule has 0 aliphatic rings. The number of rotatable bonds is 4. The molecular formula is C30H33Cl3SiTi. The zero-order valence-corrected chi connectivity index (χ0v) is 26.4. The van der Waals surface area contributed by atoms with Crippen molar-refractivity contribution in [2.24, 2.45) is 0 Å². The smallest absolute Gasteiger partial charge is 1.00 e. The van der Waals surface area contributed by atoms with E-state index in [0.29, 0.717) is 0 Å². The zero-order chi connectivity index (χ0) is 22.3. The van der Waals surface area contributed by atoms with Crippen molar-refractivity contribution in [2.45, 2.75) is 48.5 Å². The summed E-state index contributed by atoms with van der Waals surface area (Å²) >= 11 is 0. The first kappa shape index (κ1) is 33.8. The van der Waals surface area contributed by atoms with Crippen LogP contribution in [-0.2, 0) is 21.7 Å². The van der Waals surface area contributed by atoms with Crippen molar-refractivity contribution >= 4 is 28.8 Å². The fourth-order valence-electron chi connectivity index (χ4n) is 5.35. The fourth-order valence-corrected chi connectivity index (χ4v) is 11.1. The average molecular weight is 576 g/mol. The number of benzene rings is 3. The molecule has 4 aromatic carbocycles. The molecule has 0 aliphatic heterocycles. The minimum Gasteiger partial charge on any atom is -1.00 e. The summed E-state index contributed by atoms with van der Waals surface area (Å²) in [5.41, 5.74) is 9.78. The molecule has 4 aromatic rings. The summed E-state index contributed by atoms with van der Waals surface area (Å²) in [5.74, 6) is 0. The maximum absolute atomic E-state index is 2.49. The Morgan fingerprint density at radius 3 is 1.03 bits per heavy atom. The third kappa shape index (κ3) is 5.88. The first-order valence-electron chi connectivity index (χ1n) is 11.2. The van der Waals surface area contributed by atoms with Crippen molar-refractivity contribution in [1.82, 2.24) is 0 Å². The van der Waals surface area contributed by atoms with Crippen molar-refractivity contribution in [2.75, 3.05) is 0 Å². The van der Waals surface area contributed by atoms with E-state index in [1.54, 1.807) is 5.19 Å². The molecule has 0 N–H and O–H groups in total. The van der Waals surface area contributed by atoms with Crippen molar-refractivity contribution < 1.29 is 58.9 Å². The van der Waals surface area contributed by atoms with E-state index in [1.807, 2.05) is 0 Å². The molecule has 0 saturated carbocycles. The molecule has 0 aromatic heterocycles. The molecule has 0 unspecified atom stereocenters. The molecule has 0 fully saturated rings. The van der Waals surface area contributed by atoms with Crippen LogP contribution in [0.5, 0.6) is 0 Å². The van der Waals surface area contributed by atoms with Crippen LogP contribution in [0.3, 0.4) is 0 Å². The van der Waals surface area contributed by atoms with Gasteiger partial charge in [0, 0.05) is 0 Å². The molecule has 0 amide bonds. The predicted molar refractivity (Wildman–Crippen MR) is 139 cm³/mol. The molecule has 35 heavy (non-hydrogen) atoms. The molecule has 4 rings (SSSR count). The van der Waals surface area contributed by atoms with Gasteiger partial charge in [-0.25, -0.2) is 0 Å². The van der Waals surface area contributed by atoms with E-state index >= 15 is 0 Å². The summed E-state index contributed by atoms with van der Waals surface area (Å²) in [7, 11) is -2.49. The van der Waals surface area contributed by atoms with Crippen molar-refractivity contribution in [3.63, 3.8) is 0 Å². The van der Waals surface area contributed by atoms with E-state index in [9.17, 15) is 0 Å². The van der Waals surface area contributed by atoms with Crippen molar-refractivity contribution in [3.8, 4) is 0 Å². The molecule has 0 bridgehead atoms. The van der Waals surface area contributed by atoms with Crippen molar-refractivity contribution in [1.29, 1.82) is 0 Å². The standard InChI is InChI=1S/C30H33Si.3ClH.Ti/c1-20-11-8-14-27(17-20)31(28-15-9-12-21(2)18-28,29-16-10-13-22(3)19-29)30-25(6)23(4)24(5)26(30)7;;;;/h8-19H,1-7H3;3*1H;/q-1;;;;+4/p-3. The molecule has 0 saturated heterocycles. The Hall–Kier alpha value is -1.19. The summed E-state index contributed by atoms with van der Waals surface area (Å²) in [6.07, 6.45) is 0. The van der Waals surface area contributed by atoms with Crippen LogP contribution in [0.2, 0.25) is 0 Å². The molecule has 0 radical (unpaired) electrons. The molecule has 0 heterocycles. The van der Waals surface area contributed by atoms with Crippen LogP contribution in [0.15, 0.2) is 72.8 Å². The predicted octanol–water partition coefficient (Wildman–Crippen LogP) is -4.05. The van der Waals surface area contributed by atoms with E-state index in [1.165, 1.54) is 54.5 Å². The quantitative estimate of drug-likeness (QED) is 0.132. The van der Waals surface area contributed by atoms with Crippen LogP contribution in [0.4, 0.5) is 0 Å². The molecule has 0 atom stereocenters. The molecule has 5 heteroatoms. The monoisotopic (exact) mass is 574 g/mol. The first-order valence-corrected chi connectivity index (χ1v) is 13.2.